The van der Waals surface area contributed by atoms with Crippen LogP contribution in [0.3, 0.4) is 0 Å². The second-order valence-corrected chi connectivity index (χ2v) is 3.80. The lowest BCUT2D eigenvalue weighted by molar-refractivity contribution is -0.117. The highest BCUT2D eigenvalue weighted by molar-refractivity contribution is 9.10. The summed E-state index contributed by atoms with van der Waals surface area (Å²) in [7, 11) is 0. The minimum Gasteiger partial charge on any atom is -0.452 e. The number of rotatable bonds is 2. The third-order valence-electron chi connectivity index (χ3n) is 2.12. The van der Waals surface area contributed by atoms with Gasteiger partial charge in [-0.15, -0.1) is 0 Å². The van der Waals surface area contributed by atoms with E-state index < -0.39 is 0 Å². The molecule has 1 aliphatic rings. The van der Waals surface area contributed by atoms with Crippen molar-refractivity contribution in [2.24, 2.45) is 0 Å². The Bertz CT molecular complexity index is 308. The van der Waals surface area contributed by atoms with Crippen LogP contribution in [0.25, 0.3) is 0 Å². The average molecular weight is 245 g/mol. The molecule has 0 amide bonds. The van der Waals surface area contributed by atoms with Crippen LogP contribution >= 0.6 is 15.9 Å². The Kier molecular flexibility index (Phi) is 2.51. The van der Waals surface area contributed by atoms with Gasteiger partial charge in [0.05, 0.1) is 0 Å². The molecule has 0 saturated carbocycles. The van der Waals surface area contributed by atoms with Crippen LogP contribution in [0.5, 0.6) is 0 Å². The molecule has 0 spiro atoms. The molecule has 2 atom stereocenters. The number of carbonyl (C=O) groups is 1. The zero-order valence-corrected chi connectivity index (χ0v) is 8.49. The van der Waals surface area contributed by atoms with Gasteiger partial charge in [0.15, 0.2) is 4.67 Å². The predicted octanol–water partition coefficient (Wildman–Crippen LogP) is 2.46. The Morgan fingerprint density at radius 3 is 2.85 bits per heavy atom. The summed E-state index contributed by atoms with van der Waals surface area (Å²) in [6.45, 7) is 0. The first kappa shape index (κ1) is 8.97. The summed E-state index contributed by atoms with van der Waals surface area (Å²) in [6.07, 6.45) is 2.17. The van der Waals surface area contributed by atoms with Gasteiger partial charge in [0.1, 0.15) is 24.3 Å². The molecule has 2 heterocycles. The second kappa shape index (κ2) is 3.64. The largest absolute Gasteiger partial charge is 0.452 e. The van der Waals surface area contributed by atoms with Crippen molar-refractivity contribution >= 4 is 22.2 Å². The van der Waals surface area contributed by atoms with Gasteiger partial charge in [-0.3, -0.25) is 0 Å². The summed E-state index contributed by atoms with van der Waals surface area (Å²) >= 11 is 3.22. The minimum atomic E-state index is -0.256. The molecule has 1 saturated heterocycles. The number of furan rings is 1. The Hall–Kier alpha value is -0.610. The predicted molar refractivity (Wildman–Crippen MR) is 49.3 cm³/mol. The topological polar surface area (TPSA) is 39.4 Å². The van der Waals surface area contributed by atoms with Crippen LogP contribution in [0.4, 0.5) is 0 Å². The van der Waals surface area contributed by atoms with Crippen molar-refractivity contribution in [2.45, 2.75) is 25.0 Å². The molecular formula is C9H9BrO3. The molecule has 0 N–H and O–H groups in total. The van der Waals surface area contributed by atoms with Crippen LogP contribution < -0.4 is 0 Å². The number of hydrogen-bond acceptors (Lipinski definition) is 3. The van der Waals surface area contributed by atoms with E-state index in [-0.39, 0.29) is 12.2 Å². The van der Waals surface area contributed by atoms with Gasteiger partial charge in [-0.2, -0.15) is 0 Å². The lowest BCUT2D eigenvalue weighted by atomic mass is 10.2. The number of aldehydes is 1. The first-order chi connectivity index (χ1) is 6.29. The first-order valence-electron chi connectivity index (χ1n) is 4.15. The fourth-order valence-electron chi connectivity index (χ4n) is 1.47. The normalized spacial score (nSPS) is 27.8. The highest BCUT2D eigenvalue weighted by Gasteiger charge is 2.28. The molecule has 2 rings (SSSR count). The standard InChI is InChI=1S/C9H9BrO3/c10-9-4-3-8(13-9)7-2-1-6(5-11)12-7/h3-7H,1-2H2. The summed E-state index contributed by atoms with van der Waals surface area (Å²) in [5.41, 5.74) is 0. The van der Waals surface area contributed by atoms with Crippen LogP contribution in [-0.4, -0.2) is 12.4 Å². The van der Waals surface area contributed by atoms with Gasteiger partial charge in [-0.25, -0.2) is 0 Å². The molecule has 0 radical (unpaired) electrons. The summed E-state index contributed by atoms with van der Waals surface area (Å²) in [4.78, 5) is 10.4. The van der Waals surface area contributed by atoms with Crippen molar-refractivity contribution in [3.63, 3.8) is 0 Å². The van der Waals surface area contributed by atoms with Crippen molar-refractivity contribution in [3.8, 4) is 0 Å². The Morgan fingerprint density at radius 1 is 1.46 bits per heavy atom. The fraction of sp³-hybridized carbons (Fsp3) is 0.444. The maximum Gasteiger partial charge on any atom is 0.169 e. The molecule has 1 aromatic heterocycles. The van der Waals surface area contributed by atoms with Crippen molar-refractivity contribution in [2.75, 3.05) is 0 Å². The first-order valence-corrected chi connectivity index (χ1v) is 4.95. The van der Waals surface area contributed by atoms with E-state index in [2.05, 4.69) is 15.9 Å². The maximum absolute atomic E-state index is 10.4. The molecule has 0 aromatic carbocycles. The van der Waals surface area contributed by atoms with Crippen LogP contribution in [-0.2, 0) is 9.53 Å². The monoisotopic (exact) mass is 244 g/mol. The van der Waals surface area contributed by atoms with E-state index in [1.165, 1.54) is 0 Å². The average Bonchev–Trinajstić information content (AvgIpc) is 2.71. The molecule has 0 bridgehead atoms. The molecule has 2 unspecified atom stereocenters. The number of ether oxygens (including phenoxy) is 1. The SMILES string of the molecule is O=CC1CCC(c2ccc(Br)o2)O1. The number of carbonyl (C=O) groups excluding carboxylic acids is 1. The molecule has 1 fully saturated rings. The minimum absolute atomic E-state index is 0.0542. The molecule has 3 nitrogen and oxygen atoms in total. The van der Waals surface area contributed by atoms with Gasteiger partial charge in [0.2, 0.25) is 0 Å². The van der Waals surface area contributed by atoms with Crippen molar-refractivity contribution in [1.29, 1.82) is 0 Å². The van der Waals surface area contributed by atoms with Gasteiger partial charge < -0.3 is 13.9 Å². The Labute approximate surface area is 84.2 Å². The third-order valence-corrected chi connectivity index (χ3v) is 2.54. The lowest BCUT2D eigenvalue weighted by Gasteiger charge is -2.06. The molecule has 1 aliphatic heterocycles. The molecule has 13 heavy (non-hydrogen) atoms. The number of halogens is 1. The zero-order chi connectivity index (χ0) is 9.26. The number of hydrogen-bond donors (Lipinski definition) is 0. The van der Waals surface area contributed by atoms with Gasteiger partial charge in [-0.05, 0) is 40.9 Å². The second-order valence-electron chi connectivity index (χ2n) is 3.02. The van der Waals surface area contributed by atoms with E-state index >= 15 is 0 Å². The summed E-state index contributed by atoms with van der Waals surface area (Å²) < 4.78 is 11.5. The molecule has 0 aliphatic carbocycles. The van der Waals surface area contributed by atoms with Crippen molar-refractivity contribution in [1.82, 2.24) is 0 Å². The highest BCUT2D eigenvalue weighted by Crippen LogP contribution is 2.33. The van der Waals surface area contributed by atoms with Gasteiger partial charge in [-0.1, -0.05) is 0 Å². The molecule has 4 heteroatoms. The Balaban J connectivity index is 2.07. The molecule has 1 aromatic rings. The van der Waals surface area contributed by atoms with E-state index in [1.807, 2.05) is 12.1 Å². The van der Waals surface area contributed by atoms with Crippen LogP contribution in [0.1, 0.15) is 24.7 Å². The van der Waals surface area contributed by atoms with E-state index in [9.17, 15) is 4.79 Å². The van der Waals surface area contributed by atoms with Gasteiger partial charge in [0, 0.05) is 0 Å². The summed E-state index contributed by atoms with van der Waals surface area (Å²) in [6, 6.07) is 3.69. The molecular weight excluding hydrogens is 236 g/mol. The maximum atomic E-state index is 10.4. The smallest absolute Gasteiger partial charge is 0.169 e. The lowest BCUT2D eigenvalue weighted by Crippen LogP contribution is -2.06. The third kappa shape index (κ3) is 1.84. The van der Waals surface area contributed by atoms with E-state index in [4.69, 9.17) is 9.15 Å². The van der Waals surface area contributed by atoms with Gasteiger partial charge in [0.25, 0.3) is 0 Å². The van der Waals surface area contributed by atoms with E-state index in [0.29, 0.717) is 4.67 Å². The molecule has 70 valence electrons. The van der Waals surface area contributed by atoms with E-state index in [0.717, 1.165) is 24.9 Å². The van der Waals surface area contributed by atoms with Crippen LogP contribution in [0, 0.1) is 0 Å². The Morgan fingerprint density at radius 2 is 2.31 bits per heavy atom. The van der Waals surface area contributed by atoms with Gasteiger partial charge >= 0.3 is 0 Å². The highest BCUT2D eigenvalue weighted by atomic mass is 79.9. The fourth-order valence-corrected chi connectivity index (χ4v) is 1.79. The zero-order valence-electron chi connectivity index (χ0n) is 6.90. The van der Waals surface area contributed by atoms with Crippen LogP contribution in [0.2, 0.25) is 0 Å². The van der Waals surface area contributed by atoms with E-state index in [1.54, 1.807) is 0 Å². The summed E-state index contributed by atoms with van der Waals surface area (Å²) in [5.74, 6) is 0.788. The van der Waals surface area contributed by atoms with Crippen molar-refractivity contribution in [3.05, 3.63) is 22.6 Å². The summed E-state index contributed by atoms with van der Waals surface area (Å²) in [5, 5.41) is 0. The quantitative estimate of drug-likeness (QED) is 0.751. The van der Waals surface area contributed by atoms with Crippen molar-refractivity contribution < 1.29 is 13.9 Å². The van der Waals surface area contributed by atoms with Crippen LogP contribution in [0.15, 0.2) is 21.2 Å².